The van der Waals surface area contributed by atoms with E-state index in [0.717, 1.165) is 16.2 Å². The highest BCUT2D eigenvalue weighted by Gasteiger charge is 2.18. The first-order chi connectivity index (χ1) is 14.9. The van der Waals surface area contributed by atoms with Gasteiger partial charge in [-0.3, -0.25) is 25.2 Å². The van der Waals surface area contributed by atoms with E-state index in [4.69, 9.17) is 16.0 Å². The molecule has 0 aliphatic heterocycles. The Morgan fingerprint density at radius 2 is 1.68 bits per heavy atom. The summed E-state index contributed by atoms with van der Waals surface area (Å²) in [4.78, 5) is 37.3. The smallest absolute Gasteiger partial charge is 0.287 e. The van der Waals surface area contributed by atoms with Gasteiger partial charge in [0.1, 0.15) is 6.04 Å². The summed E-state index contributed by atoms with van der Waals surface area (Å²) >= 11 is 7.55. The fraction of sp³-hybridized carbons (Fsp3) is 0.136. The van der Waals surface area contributed by atoms with Crippen molar-refractivity contribution >= 4 is 41.1 Å². The zero-order chi connectivity index (χ0) is 22.2. The van der Waals surface area contributed by atoms with Gasteiger partial charge in [0, 0.05) is 21.2 Å². The van der Waals surface area contributed by atoms with E-state index in [0.29, 0.717) is 10.6 Å². The Bertz CT molecular complexity index is 1040. The van der Waals surface area contributed by atoms with Crippen LogP contribution in [0.3, 0.4) is 0 Å². The van der Waals surface area contributed by atoms with E-state index in [1.54, 1.807) is 30.0 Å². The van der Waals surface area contributed by atoms with Crippen molar-refractivity contribution in [2.45, 2.75) is 23.6 Å². The topological polar surface area (TPSA) is 100 Å². The minimum absolute atomic E-state index is 0.0954. The van der Waals surface area contributed by atoms with Gasteiger partial charge in [-0.25, -0.2) is 0 Å². The van der Waals surface area contributed by atoms with Gasteiger partial charge >= 0.3 is 0 Å². The molecule has 3 rings (SSSR count). The third-order valence-corrected chi connectivity index (χ3v) is 5.56. The minimum atomic E-state index is -0.870. The van der Waals surface area contributed by atoms with Gasteiger partial charge in [0.05, 0.1) is 6.26 Å². The molecule has 1 atom stereocenters. The SMILES string of the molecule is C[C@H](NC(=O)c1ccco1)C(=O)NNC(=O)c1ccc(CSc2ccc(Cl)cc2)cc1. The summed E-state index contributed by atoms with van der Waals surface area (Å²) in [5, 5.41) is 3.17. The molecule has 3 N–H and O–H groups in total. The third kappa shape index (κ3) is 6.63. The first-order valence-electron chi connectivity index (χ1n) is 9.34. The minimum Gasteiger partial charge on any atom is -0.459 e. The number of rotatable bonds is 7. The van der Waals surface area contributed by atoms with Crippen LogP contribution in [0, 0.1) is 0 Å². The molecule has 1 heterocycles. The van der Waals surface area contributed by atoms with Crippen LogP contribution in [0.15, 0.2) is 76.2 Å². The lowest BCUT2D eigenvalue weighted by atomic mass is 10.1. The van der Waals surface area contributed by atoms with Crippen LogP contribution in [0.4, 0.5) is 0 Å². The van der Waals surface area contributed by atoms with Crippen LogP contribution in [0.25, 0.3) is 0 Å². The fourth-order valence-electron chi connectivity index (χ4n) is 2.49. The number of thioether (sulfide) groups is 1. The molecule has 3 aromatic rings. The summed E-state index contributed by atoms with van der Waals surface area (Å²) in [6.07, 6.45) is 1.36. The fourth-order valence-corrected chi connectivity index (χ4v) is 3.47. The lowest BCUT2D eigenvalue weighted by molar-refractivity contribution is -0.123. The van der Waals surface area contributed by atoms with E-state index < -0.39 is 23.8 Å². The Labute approximate surface area is 188 Å². The zero-order valence-corrected chi connectivity index (χ0v) is 18.1. The van der Waals surface area contributed by atoms with Gasteiger partial charge in [-0.2, -0.15) is 0 Å². The van der Waals surface area contributed by atoms with Gasteiger partial charge in [-0.1, -0.05) is 23.7 Å². The Balaban J connectivity index is 1.44. The van der Waals surface area contributed by atoms with E-state index in [1.165, 1.54) is 19.3 Å². The summed E-state index contributed by atoms with van der Waals surface area (Å²) in [6, 6.07) is 16.8. The van der Waals surface area contributed by atoms with Crippen LogP contribution in [-0.2, 0) is 10.5 Å². The molecule has 160 valence electrons. The molecule has 9 heteroatoms. The van der Waals surface area contributed by atoms with Crippen molar-refractivity contribution in [2.75, 3.05) is 0 Å². The maximum Gasteiger partial charge on any atom is 0.287 e. The molecule has 0 aliphatic carbocycles. The molecule has 2 aromatic carbocycles. The van der Waals surface area contributed by atoms with Crippen LogP contribution in [-0.4, -0.2) is 23.8 Å². The summed E-state index contributed by atoms with van der Waals surface area (Å²) in [7, 11) is 0. The Kier molecular flexibility index (Phi) is 7.75. The lowest BCUT2D eigenvalue weighted by Crippen LogP contribution is -2.51. The van der Waals surface area contributed by atoms with Crippen LogP contribution >= 0.6 is 23.4 Å². The van der Waals surface area contributed by atoms with Crippen molar-refractivity contribution < 1.29 is 18.8 Å². The van der Waals surface area contributed by atoms with Gasteiger partial charge in [-0.15, -0.1) is 11.8 Å². The number of nitrogens with one attached hydrogen (secondary N) is 3. The molecular formula is C22H20ClN3O4S. The van der Waals surface area contributed by atoms with Crippen LogP contribution in [0.1, 0.15) is 33.4 Å². The molecular weight excluding hydrogens is 438 g/mol. The molecule has 0 saturated carbocycles. The van der Waals surface area contributed by atoms with Crippen molar-refractivity contribution in [2.24, 2.45) is 0 Å². The summed E-state index contributed by atoms with van der Waals surface area (Å²) in [6.45, 7) is 1.50. The van der Waals surface area contributed by atoms with Crippen molar-refractivity contribution in [3.63, 3.8) is 0 Å². The van der Waals surface area contributed by atoms with E-state index in [2.05, 4.69) is 16.2 Å². The number of hydrazine groups is 1. The monoisotopic (exact) mass is 457 g/mol. The maximum absolute atomic E-state index is 12.3. The molecule has 3 amide bonds. The number of furan rings is 1. The number of carbonyl (C=O) groups is 3. The molecule has 0 fully saturated rings. The molecule has 31 heavy (non-hydrogen) atoms. The Hall–Kier alpha value is -3.23. The largest absolute Gasteiger partial charge is 0.459 e. The van der Waals surface area contributed by atoms with Crippen molar-refractivity contribution in [3.05, 3.63) is 88.8 Å². The number of benzene rings is 2. The van der Waals surface area contributed by atoms with Gasteiger partial charge in [-0.05, 0) is 61.0 Å². The van der Waals surface area contributed by atoms with E-state index in [9.17, 15) is 14.4 Å². The second-order valence-corrected chi connectivity index (χ2v) is 8.04. The van der Waals surface area contributed by atoms with Gasteiger partial charge in [0.15, 0.2) is 5.76 Å². The standard InChI is InChI=1S/C22H20ClN3O4S/c1-14(24-22(29)19-3-2-12-30-19)20(27)25-26-21(28)16-6-4-15(5-7-16)13-31-18-10-8-17(23)9-11-18/h2-12,14H,13H2,1H3,(H,24,29)(H,25,27)(H,26,28)/t14-/m0/s1. The molecule has 0 radical (unpaired) electrons. The quantitative estimate of drug-likeness (QED) is 0.370. The summed E-state index contributed by atoms with van der Waals surface area (Å²) in [5.74, 6) is -0.712. The van der Waals surface area contributed by atoms with Crippen LogP contribution in [0.5, 0.6) is 0 Å². The second-order valence-electron chi connectivity index (χ2n) is 6.56. The third-order valence-electron chi connectivity index (χ3n) is 4.22. The molecule has 7 nitrogen and oxygen atoms in total. The molecule has 0 saturated heterocycles. The maximum atomic E-state index is 12.3. The van der Waals surface area contributed by atoms with Gasteiger partial charge in [0.2, 0.25) is 0 Å². The average molecular weight is 458 g/mol. The number of halogens is 1. The van der Waals surface area contributed by atoms with Crippen LogP contribution in [0.2, 0.25) is 5.02 Å². The predicted molar refractivity (Wildman–Crippen MR) is 119 cm³/mol. The van der Waals surface area contributed by atoms with Crippen molar-refractivity contribution in [3.8, 4) is 0 Å². The number of carbonyl (C=O) groups excluding carboxylic acids is 3. The Morgan fingerprint density at radius 3 is 2.32 bits per heavy atom. The highest BCUT2D eigenvalue weighted by molar-refractivity contribution is 7.98. The van der Waals surface area contributed by atoms with Crippen LogP contribution < -0.4 is 16.2 Å². The summed E-state index contributed by atoms with van der Waals surface area (Å²) < 4.78 is 4.97. The summed E-state index contributed by atoms with van der Waals surface area (Å²) in [5.41, 5.74) is 6.08. The Morgan fingerprint density at radius 1 is 0.968 bits per heavy atom. The predicted octanol–water partition coefficient (Wildman–Crippen LogP) is 3.80. The number of amides is 3. The van der Waals surface area contributed by atoms with Gasteiger partial charge in [0.25, 0.3) is 17.7 Å². The second kappa shape index (κ2) is 10.7. The van der Waals surface area contributed by atoms with Crippen molar-refractivity contribution in [1.29, 1.82) is 0 Å². The number of hydrogen-bond acceptors (Lipinski definition) is 5. The van der Waals surface area contributed by atoms with E-state index >= 15 is 0 Å². The average Bonchev–Trinajstić information content (AvgIpc) is 3.32. The van der Waals surface area contributed by atoms with Crippen molar-refractivity contribution in [1.82, 2.24) is 16.2 Å². The molecule has 0 aliphatic rings. The lowest BCUT2D eigenvalue weighted by Gasteiger charge is -2.14. The van der Waals surface area contributed by atoms with Gasteiger partial charge < -0.3 is 9.73 Å². The number of hydrogen-bond donors (Lipinski definition) is 3. The molecule has 1 aromatic heterocycles. The molecule has 0 spiro atoms. The first-order valence-corrected chi connectivity index (χ1v) is 10.7. The molecule has 0 bridgehead atoms. The molecule has 0 unspecified atom stereocenters. The van der Waals surface area contributed by atoms with E-state index in [1.807, 2.05) is 36.4 Å². The highest BCUT2D eigenvalue weighted by Crippen LogP contribution is 2.24. The zero-order valence-electron chi connectivity index (χ0n) is 16.6. The van der Waals surface area contributed by atoms with E-state index in [-0.39, 0.29) is 5.76 Å². The first kappa shape index (κ1) is 22.5. The highest BCUT2D eigenvalue weighted by atomic mass is 35.5. The normalized spacial score (nSPS) is 11.4.